The van der Waals surface area contributed by atoms with Gasteiger partial charge in [0, 0.05) is 45.5 Å². The fourth-order valence-corrected chi connectivity index (χ4v) is 8.22. The number of benzene rings is 4. The van der Waals surface area contributed by atoms with Gasteiger partial charge in [0.05, 0.1) is 23.1 Å². The van der Waals surface area contributed by atoms with E-state index in [0.29, 0.717) is 5.56 Å². The number of carbonyl (C=O) groups is 6. The molecule has 0 saturated carbocycles. The fraction of sp³-hybridized carbons (Fsp3) is 0.375. The standard InChI is InChI=1S/C48H53N3O16S/c1-28-29(2)64-46(44(66-31(4)53)43(28)65-30(3)52)67-41-19-18-32(25-61-48(58)51(20-21-68(6,59)60)27-63-34-13-11-12-33(23-34)45(55)56)22-40(41)49-42(54)24-50(5)47(57)62-26-39-37-16-9-7-14-35(37)36-15-8-10-17-38(36)39/h7-19,22-23,28-29,39,43-44,46H,20-21,24-27H2,1-6H3,(H,49,54)(H,55,56)/t28-,29-,43+,44-,46+/m1/s1. The number of anilines is 1. The Bertz CT molecular complexity index is 2590. The number of esters is 2. The molecule has 1 saturated heterocycles. The molecule has 5 atom stereocenters. The van der Waals surface area contributed by atoms with E-state index in [1.807, 2.05) is 48.5 Å². The lowest BCUT2D eigenvalue weighted by molar-refractivity contribution is -0.263. The van der Waals surface area contributed by atoms with E-state index in [1.165, 1.54) is 63.4 Å². The van der Waals surface area contributed by atoms with Crippen LogP contribution < -0.4 is 14.8 Å². The van der Waals surface area contributed by atoms with Crippen molar-refractivity contribution < 1.29 is 75.4 Å². The maximum atomic E-state index is 13.7. The molecule has 1 aliphatic heterocycles. The molecule has 20 heteroatoms. The first-order valence-corrected chi connectivity index (χ1v) is 23.5. The first kappa shape index (κ1) is 50.2. The highest BCUT2D eigenvalue weighted by Gasteiger charge is 2.48. The van der Waals surface area contributed by atoms with Crippen molar-refractivity contribution in [3.8, 4) is 22.6 Å². The Kier molecular flexibility index (Phi) is 16.3. The second-order valence-electron chi connectivity index (χ2n) is 16.4. The highest BCUT2D eigenvalue weighted by Crippen LogP contribution is 2.44. The summed E-state index contributed by atoms with van der Waals surface area (Å²) in [7, 11) is -2.16. The van der Waals surface area contributed by atoms with Crippen molar-refractivity contribution in [1.82, 2.24) is 9.80 Å². The van der Waals surface area contributed by atoms with Gasteiger partial charge in [0.2, 0.25) is 18.3 Å². The Balaban J connectivity index is 1.20. The van der Waals surface area contributed by atoms with Gasteiger partial charge >= 0.3 is 30.1 Å². The van der Waals surface area contributed by atoms with Gasteiger partial charge in [0.25, 0.3) is 0 Å². The van der Waals surface area contributed by atoms with Gasteiger partial charge in [-0.25, -0.2) is 22.8 Å². The van der Waals surface area contributed by atoms with Gasteiger partial charge in [0.1, 0.15) is 47.2 Å². The van der Waals surface area contributed by atoms with E-state index in [9.17, 15) is 42.3 Å². The van der Waals surface area contributed by atoms with Crippen molar-refractivity contribution in [3.63, 3.8) is 0 Å². The molecule has 1 heterocycles. The van der Waals surface area contributed by atoms with E-state index in [4.69, 9.17) is 33.2 Å². The molecule has 0 bridgehead atoms. The Morgan fingerprint density at radius 1 is 0.794 bits per heavy atom. The minimum atomic E-state index is -3.56. The predicted molar refractivity (Wildman–Crippen MR) is 244 cm³/mol. The molecular weight excluding hydrogens is 907 g/mol. The number of hydrogen-bond acceptors (Lipinski definition) is 15. The number of nitrogens with one attached hydrogen (secondary N) is 1. The summed E-state index contributed by atoms with van der Waals surface area (Å²) in [5, 5.41) is 12.1. The summed E-state index contributed by atoms with van der Waals surface area (Å²) >= 11 is 0. The largest absolute Gasteiger partial charge is 0.478 e. The number of carbonyl (C=O) groups excluding carboxylic acids is 5. The summed E-state index contributed by atoms with van der Waals surface area (Å²) < 4.78 is 64.6. The average Bonchev–Trinajstić information content (AvgIpc) is 3.61. The quantitative estimate of drug-likeness (QED) is 0.0676. The van der Waals surface area contributed by atoms with Crippen LogP contribution in [0.3, 0.4) is 0 Å². The van der Waals surface area contributed by atoms with Crippen molar-refractivity contribution in [3.05, 3.63) is 113 Å². The van der Waals surface area contributed by atoms with Crippen molar-refractivity contribution in [2.75, 3.05) is 50.8 Å². The molecule has 0 unspecified atom stereocenters. The number of carboxylic acid groups (broad SMARTS) is 1. The van der Waals surface area contributed by atoms with Gasteiger partial charge in [-0.05, 0) is 65.1 Å². The third-order valence-electron chi connectivity index (χ3n) is 11.2. The summed E-state index contributed by atoms with van der Waals surface area (Å²) in [4.78, 5) is 78.5. The third kappa shape index (κ3) is 13.0. The molecule has 362 valence electrons. The average molecular weight is 960 g/mol. The van der Waals surface area contributed by atoms with Crippen LogP contribution in [0.5, 0.6) is 11.5 Å². The van der Waals surface area contributed by atoms with Crippen molar-refractivity contribution in [2.45, 2.75) is 64.8 Å². The van der Waals surface area contributed by atoms with Crippen LogP contribution in [-0.2, 0) is 54.5 Å². The van der Waals surface area contributed by atoms with Gasteiger partial charge < -0.3 is 48.5 Å². The van der Waals surface area contributed by atoms with Crippen LogP contribution in [0.4, 0.5) is 15.3 Å². The highest BCUT2D eigenvalue weighted by molar-refractivity contribution is 7.90. The number of nitrogens with zero attached hydrogens (tertiary/aromatic N) is 2. The molecule has 1 aliphatic carbocycles. The smallest absolute Gasteiger partial charge is 0.412 e. The lowest BCUT2D eigenvalue weighted by Gasteiger charge is -2.43. The normalized spacial score (nSPS) is 18.5. The van der Waals surface area contributed by atoms with E-state index < -0.39 is 102 Å². The topological polar surface area (TPSA) is 240 Å². The second-order valence-corrected chi connectivity index (χ2v) is 18.7. The van der Waals surface area contributed by atoms with Crippen molar-refractivity contribution >= 4 is 51.5 Å². The number of rotatable bonds is 18. The zero-order chi connectivity index (χ0) is 49.3. The van der Waals surface area contributed by atoms with E-state index in [0.717, 1.165) is 38.3 Å². The molecule has 68 heavy (non-hydrogen) atoms. The SMILES string of the molecule is CC(=O)O[C@H]1[C@H](Oc2ccc(COC(=O)N(CCS(C)(=O)=O)COc3cccc(C(=O)O)c3)cc2NC(=O)CN(C)C(=O)OCC2c3ccccc3-c3ccccc32)O[C@H](C)[C@@H](C)[C@@H]1OC(C)=O. The van der Waals surface area contributed by atoms with Gasteiger partial charge in [0.15, 0.2) is 6.73 Å². The zero-order valence-electron chi connectivity index (χ0n) is 38.2. The molecule has 0 aromatic heterocycles. The van der Waals surface area contributed by atoms with Gasteiger partial charge in [-0.2, -0.15) is 0 Å². The summed E-state index contributed by atoms with van der Waals surface area (Å²) in [6.07, 6.45) is -4.93. The number of amides is 3. The summed E-state index contributed by atoms with van der Waals surface area (Å²) in [5.41, 5.74) is 4.35. The Morgan fingerprint density at radius 2 is 1.44 bits per heavy atom. The Hall–Kier alpha value is -7.19. The van der Waals surface area contributed by atoms with Crippen LogP contribution in [-0.4, -0.2) is 129 Å². The van der Waals surface area contributed by atoms with Crippen LogP contribution in [0.2, 0.25) is 0 Å². The number of likely N-dealkylation sites (N-methyl/N-ethyl adjacent to an activating group) is 1. The zero-order valence-corrected chi connectivity index (χ0v) is 39.1. The lowest BCUT2D eigenvalue weighted by atomic mass is 9.91. The van der Waals surface area contributed by atoms with Crippen LogP contribution >= 0.6 is 0 Å². The second kappa shape index (κ2) is 22.1. The monoisotopic (exact) mass is 959 g/mol. The molecule has 4 aromatic carbocycles. The number of hydrogen-bond donors (Lipinski definition) is 2. The maximum absolute atomic E-state index is 13.7. The predicted octanol–water partition coefficient (Wildman–Crippen LogP) is 5.85. The molecule has 3 amide bonds. The van der Waals surface area contributed by atoms with Crippen LogP contribution in [0, 0.1) is 5.92 Å². The van der Waals surface area contributed by atoms with E-state index in [-0.39, 0.29) is 41.8 Å². The minimum Gasteiger partial charge on any atom is -0.478 e. The fourth-order valence-electron chi connectivity index (χ4n) is 7.67. The molecule has 6 rings (SSSR count). The number of fused-ring (bicyclic) bond motifs is 3. The van der Waals surface area contributed by atoms with E-state index in [2.05, 4.69) is 5.32 Å². The first-order valence-electron chi connectivity index (χ1n) is 21.5. The minimum absolute atomic E-state index is 0.000510. The number of aromatic carboxylic acids is 1. The Morgan fingerprint density at radius 3 is 2.07 bits per heavy atom. The number of sulfone groups is 1. The van der Waals surface area contributed by atoms with E-state index >= 15 is 0 Å². The van der Waals surface area contributed by atoms with Crippen LogP contribution in [0.25, 0.3) is 11.1 Å². The lowest BCUT2D eigenvalue weighted by Crippen LogP contribution is -2.57. The molecule has 19 nitrogen and oxygen atoms in total. The molecule has 4 aromatic rings. The third-order valence-corrected chi connectivity index (χ3v) is 12.1. The molecule has 2 aliphatic rings. The highest BCUT2D eigenvalue weighted by atomic mass is 32.2. The summed E-state index contributed by atoms with van der Waals surface area (Å²) in [6, 6.07) is 25.6. The molecule has 0 radical (unpaired) electrons. The first-order chi connectivity index (χ1) is 32.3. The van der Waals surface area contributed by atoms with Gasteiger partial charge in [-0.1, -0.05) is 67.6 Å². The molecular formula is C48H53N3O16S. The summed E-state index contributed by atoms with van der Waals surface area (Å²) in [6.45, 7) is 4.13. The molecule has 2 N–H and O–H groups in total. The van der Waals surface area contributed by atoms with E-state index in [1.54, 1.807) is 13.8 Å². The van der Waals surface area contributed by atoms with Gasteiger partial charge in [-0.15, -0.1) is 0 Å². The maximum Gasteiger partial charge on any atom is 0.412 e. The van der Waals surface area contributed by atoms with Crippen LogP contribution in [0.15, 0.2) is 91.0 Å². The van der Waals surface area contributed by atoms with Crippen molar-refractivity contribution in [1.29, 1.82) is 0 Å². The number of ether oxygens (including phenoxy) is 7. The van der Waals surface area contributed by atoms with Crippen molar-refractivity contribution in [2.24, 2.45) is 5.92 Å². The van der Waals surface area contributed by atoms with Crippen LogP contribution in [0.1, 0.15) is 60.7 Å². The summed E-state index contributed by atoms with van der Waals surface area (Å²) in [5.74, 6) is -4.26. The molecule has 0 spiro atoms. The number of carboxylic acids is 1. The molecule has 1 fully saturated rings. The van der Waals surface area contributed by atoms with Gasteiger partial charge in [-0.3, -0.25) is 19.3 Å². The Labute approximate surface area is 393 Å².